The van der Waals surface area contributed by atoms with Crippen LogP contribution in [-0.2, 0) is 16.0 Å². The summed E-state index contributed by atoms with van der Waals surface area (Å²) in [5, 5.41) is 9.11. The molecule has 1 fully saturated rings. The molecule has 1 aromatic carbocycles. The number of hydrogen-bond acceptors (Lipinski definition) is 2. The monoisotopic (exact) mass is 289 g/mol. The molecule has 0 saturated carbocycles. The van der Waals surface area contributed by atoms with Crippen LogP contribution >= 0.6 is 0 Å². The van der Waals surface area contributed by atoms with Crippen molar-refractivity contribution in [1.29, 1.82) is 0 Å². The standard InChI is InChI=1S/C17H23NO3/c1-11-7-12(2)15(13(3)8-11)9-16(19)18-6-4-5-14(10-18)17(20)21/h7-8,14H,4-6,9-10H2,1-3H3,(H,20,21). The minimum absolute atomic E-state index is 0.0380. The lowest BCUT2D eigenvalue weighted by Crippen LogP contribution is -2.43. The second kappa shape index (κ2) is 6.29. The summed E-state index contributed by atoms with van der Waals surface area (Å²) in [5.41, 5.74) is 4.54. The highest BCUT2D eigenvalue weighted by atomic mass is 16.4. The molecule has 1 heterocycles. The zero-order valence-corrected chi connectivity index (χ0v) is 13.0. The summed E-state index contributed by atoms with van der Waals surface area (Å²) in [6.07, 6.45) is 1.81. The third-order valence-corrected chi connectivity index (χ3v) is 4.29. The molecule has 0 aromatic heterocycles. The number of rotatable bonds is 3. The van der Waals surface area contributed by atoms with Gasteiger partial charge in [-0.3, -0.25) is 9.59 Å². The summed E-state index contributed by atoms with van der Waals surface area (Å²) >= 11 is 0. The van der Waals surface area contributed by atoms with Gasteiger partial charge in [-0.05, 0) is 50.3 Å². The van der Waals surface area contributed by atoms with Crippen LogP contribution in [0.15, 0.2) is 12.1 Å². The SMILES string of the molecule is Cc1cc(C)c(CC(=O)N2CCCC(C(=O)O)C2)c(C)c1. The van der Waals surface area contributed by atoms with E-state index in [9.17, 15) is 9.59 Å². The van der Waals surface area contributed by atoms with E-state index in [4.69, 9.17) is 5.11 Å². The second-order valence-electron chi connectivity index (χ2n) is 6.07. The van der Waals surface area contributed by atoms with Gasteiger partial charge in [0.25, 0.3) is 0 Å². The number of carbonyl (C=O) groups is 2. The molecule has 2 rings (SSSR count). The summed E-state index contributed by atoms with van der Waals surface area (Å²) in [7, 11) is 0. The number of likely N-dealkylation sites (tertiary alicyclic amines) is 1. The number of aliphatic carboxylic acids is 1. The Morgan fingerprint density at radius 2 is 1.86 bits per heavy atom. The van der Waals surface area contributed by atoms with E-state index in [1.165, 1.54) is 5.56 Å². The van der Waals surface area contributed by atoms with Crippen LogP contribution in [0, 0.1) is 26.7 Å². The van der Waals surface area contributed by atoms with E-state index in [2.05, 4.69) is 12.1 Å². The summed E-state index contributed by atoms with van der Waals surface area (Å²) in [6, 6.07) is 4.18. The van der Waals surface area contributed by atoms with Crippen molar-refractivity contribution in [3.63, 3.8) is 0 Å². The molecular weight excluding hydrogens is 266 g/mol. The highest BCUT2D eigenvalue weighted by Gasteiger charge is 2.28. The molecule has 114 valence electrons. The Hall–Kier alpha value is -1.84. The minimum atomic E-state index is -0.796. The Labute approximate surface area is 125 Å². The maximum absolute atomic E-state index is 12.5. The van der Waals surface area contributed by atoms with E-state index in [-0.39, 0.29) is 5.91 Å². The van der Waals surface area contributed by atoms with Gasteiger partial charge in [-0.25, -0.2) is 0 Å². The predicted octanol–water partition coefficient (Wildman–Crippen LogP) is 2.48. The van der Waals surface area contributed by atoms with Crippen LogP contribution in [0.2, 0.25) is 0 Å². The molecule has 1 unspecified atom stereocenters. The molecule has 1 aliphatic rings. The molecule has 0 spiro atoms. The summed E-state index contributed by atoms with van der Waals surface area (Å²) in [5.74, 6) is -1.17. The van der Waals surface area contributed by atoms with E-state index in [1.807, 2.05) is 20.8 Å². The van der Waals surface area contributed by atoms with Gasteiger partial charge in [0.2, 0.25) is 5.91 Å². The largest absolute Gasteiger partial charge is 0.481 e. The molecule has 0 bridgehead atoms. The molecule has 1 atom stereocenters. The van der Waals surface area contributed by atoms with E-state index in [0.29, 0.717) is 25.9 Å². The van der Waals surface area contributed by atoms with Crippen LogP contribution in [-0.4, -0.2) is 35.0 Å². The van der Waals surface area contributed by atoms with Crippen molar-refractivity contribution in [3.05, 3.63) is 34.4 Å². The molecule has 1 aromatic rings. The average molecular weight is 289 g/mol. The van der Waals surface area contributed by atoms with Crippen molar-refractivity contribution in [2.75, 3.05) is 13.1 Å². The van der Waals surface area contributed by atoms with Gasteiger partial charge in [0.1, 0.15) is 0 Å². The van der Waals surface area contributed by atoms with Crippen molar-refractivity contribution in [3.8, 4) is 0 Å². The fourth-order valence-corrected chi connectivity index (χ4v) is 3.16. The van der Waals surface area contributed by atoms with E-state index >= 15 is 0 Å². The minimum Gasteiger partial charge on any atom is -0.481 e. The zero-order valence-electron chi connectivity index (χ0n) is 13.0. The molecule has 21 heavy (non-hydrogen) atoms. The molecule has 1 saturated heterocycles. The lowest BCUT2D eigenvalue weighted by atomic mass is 9.95. The number of carboxylic acid groups (broad SMARTS) is 1. The lowest BCUT2D eigenvalue weighted by molar-refractivity contribution is -0.145. The first-order valence-corrected chi connectivity index (χ1v) is 7.45. The Bertz CT molecular complexity index is 542. The fraction of sp³-hybridized carbons (Fsp3) is 0.529. The molecule has 1 aliphatic heterocycles. The van der Waals surface area contributed by atoms with Crippen molar-refractivity contribution in [2.24, 2.45) is 5.92 Å². The van der Waals surface area contributed by atoms with Gasteiger partial charge < -0.3 is 10.0 Å². The number of aryl methyl sites for hydroxylation is 3. The number of carboxylic acids is 1. The fourth-order valence-electron chi connectivity index (χ4n) is 3.16. The van der Waals surface area contributed by atoms with Gasteiger partial charge >= 0.3 is 5.97 Å². The normalized spacial score (nSPS) is 18.6. The van der Waals surface area contributed by atoms with Crippen molar-refractivity contribution in [2.45, 2.75) is 40.0 Å². The topological polar surface area (TPSA) is 57.6 Å². The van der Waals surface area contributed by atoms with Gasteiger partial charge in [-0.2, -0.15) is 0 Å². The maximum Gasteiger partial charge on any atom is 0.308 e. The van der Waals surface area contributed by atoms with Crippen LogP contribution in [0.5, 0.6) is 0 Å². The van der Waals surface area contributed by atoms with Crippen LogP contribution < -0.4 is 0 Å². The highest BCUT2D eigenvalue weighted by Crippen LogP contribution is 2.21. The molecule has 1 amide bonds. The van der Waals surface area contributed by atoms with Crippen molar-refractivity contribution in [1.82, 2.24) is 4.90 Å². The maximum atomic E-state index is 12.5. The summed E-state index contributed by atoms with van der Waals surface area (Å²) < 4.78 is 0. The summed E-state index contributed by atoms with van der Waals surface area (Å²) in [6.45, 7) is 7.12. The Morgan fingerprint density at radius 3 is 2.43 bits per heavy atom. The van der Waals surface area contributed by atoms with Crippen molar-refractivity contribution < 1.29 is 14.7 Å². The molecule has 1 N–H and O–H groups in total. The molecular formula is C17H23NO3. The van der Waals surface area contributed by atoms with Gasteiger partial charge in [0.15, 0.2) is 0 Å². The van der Waals surface area contributed by atoms with E-state index in [0.717, 1.165) is 23.1 Å². The van der Waals surface area contributed by atoms with Crippen LogP contribution in [0.1, 0.15) is 35.1 Å². The Balaban J connectivity index is 2.10. The average Bonchev–Trinajstić information content (AvgIpc) is 2.42. The number of benzene rings is 1. The Morgan fingerprint density at radius 1 is 1.24 bits per heavy atom. The summed E-state index contributed by atoms with van der Waals surface area (Å²) in [4.78, 5) is 25.3. The van der Waals surface area contributed by atoms with Crippen molar-refractivity contribution >= 4 is 11.9 Å². The lowest BCUT2D eigenvalue weighted by Gasteiger charge is -2.31. The van der Waals surface area contributed by atoms with Gasteiger partial charge in [0.05, 0.1) is 12.3 Å². The second-order valence-corrected chi connectivity index (χ2v) is 6.07. The van der Waals surface area contributed by atoms with Gasteiger partial charge in [0, 0.05) is 13.1 Å². The van der Waals surface area contributed by atoms with Gasteiger partial charge in [-0.15, -0.1) is 0 Å². The van der Waals surface area contributed by atoms with E-state index < -0.39 is 11.9 Å². The molecule has 0 radical (unpaired) electrons. The van der Waals surface area contributed by atoms with Crippen LogP contribution in [0.25, 0.3) is 0 Å². The Kier molecular flexibility index (Phi) is 4.66. The van der Waals surface area contributed by atoms with Crippen LogP contribution in [0.4, 0.5) is 0 Å². The van der Waals surface area contributed by atoms with Gasteiger partial charge in [-0.1, -0.05) is 17.7 Å². The number of nitrogens with zero attached hydrogens (tertiary/aromatic N) is 1. The molecule has 4 nitrogen and oxygen atoms in total. The zero-order chi connectivity index (χ0) is 15.6. The first-order valence-electron chi connectivity index (χ1n) is 7.45. The van der Waals surface area contributed by atoms with E-state index in [1.54, 1.807) is 4.90 Å². The number of piperidine rings is 1. The first kappa shape index (κ1) is 15.5. The quantitative estimate of drug-likeness (QED) is 0.930. The number of carbonyl (C=O) groups excluding carboxylic acids is 1. The molecule has 4 heteroatoms. The predicted molar refractivity (Wildman–Crippen MR) is 81.3 cm³/mol. The number of hydrogen-bond donors (Lipinski definition) is 1. The van der Waals surface area contributed by atoms with Crippen LogP contribution in [0.3, 0.4) is 0 Å². The highest BCUT2D eigenvalue weighted by molar-refractivity contribution is 5.80. The molecule has 0 aliphatic carbocycles. The third-order valence-electron chi connectivity index (χ3n) is 4.29. The third kappa shape index (κ3) is 3.63. The number of amides is 1. The first-order chi connectivity index (χ1) is 9.88. The smallest absolute Gasteiger partial charge is 0.308 e.